The lowest BCUT2D eigenvalue weighted by Gasteiger charge is -2.05. The van der Waals surface area contributed by atoms with Crippen LogP contribution in [-0.4, -0.2) is 20.3 Å². The van der Waals surface area contributed by atoms with Crippen LogP contribution < -0.4 is 5.32 Å². The third-order valence-electron chi connectivity index (χ3n) is 2.17. The fourth-order valence-corrected chi connectivity index (χ4v) is 1.82. The van der Waals surface area contributed by atoms with Crippen LogP contribution in [0.1, 0.15) is 18.4 Å². The van der Waals surface area contributed by atoms with Crippen molar-refractivity contribution in [1.29, 1.82) is 0 Å². The van der Waals surface area contributed by atoms with E-state index in [4.69, 9.17) is 4.74 Å². The molecule has 0 spiro atoms. The van der Waals surface area contributed by atoms with Gasteiger partial charge in [0.25, 0.3) is 0 Å². The largest absolute Gasteiger partial charge is 0.385 e. The molecule has 1 aromatic carbocycles. The molecule has 0 aliphatic rings. The molecule has 0 aromatic heterocycles. The summed E-state index contributed by atoms with van der Waals surface area (Å²) in [5.74, 6) is 0. The topological polar surface area (TPSA) is 21.3 Å². The van der Waals surface area contributed by atoms with E-state index in [9.17, 15) is 0 Å². The van der Waals surface area contributed by atoms with Gasteiger partial charge < -0.3 is 10.1 Å². The number of hydrogen-bond donors (Lipinski definition) is 1. The lowest BCUT2D eigenvalue weighted by molar-refractivity contribution is 0.192. The molecular weight excluding hydrogens is 254 g/mol. The molecule has 0 saturated carbocycles. The molecule has 15 heavy (non-hydrogen) atoms. The first-order valence-corrected chi connectivity index (χ1v) is 6.06. The monoisotopic (exact) mass is 271 g/mol. The summed E-state index contributed by atoms with van der Waals surface area (Å²) in [5.41, 5.74) is 1.32. The van der Waals surface area contributed by atoms with E-state index >= 15 is 0 Å². The number of hydrogen-bond acceptors (Lipinski definition) is 2. The molecule has 1 N–H and O–H groups in total. The van der Waals surface area contributed by atoms with Crippen LogP contribution in [0.25, 0.3) is 0 Å². The zero-order valence-corrected chi connectivity index (χ0v) is 10.7. The van der Waals surface area contributed by atoms with E-state index in [1.54, 1.807) is 7.11 Å². The fourth-order valence-electron chi connectivity index (χ4n) is 1.38. The van der Waals surface area contributed by atoms with Gasteiger partial charge in [-0.2, -0.15) is 0 Å². The first-order valence-electron chi connectivity index (χ1n) is 5.27. The van der Waals surface area contributed by atoms with E-state index in [2.05, 4.69) is 39.4 Å². The number of methoxy groups -OCH3 is 1. The Morgan fingerprint density at radius 2 is 2.20 bits per heavy atom. The minimum atomic E-state index is 0.860. The predicted molar refractivity (Wildman–Crippen MR) is 67.0 cm³/mol. The maximum Gasteiger partial charge on any atom is 0.0462 e. The zero-order valence-electron chi connectivity index (χ0n) is 9.13. The van der Waals surface area contributed by atoms with Crippen molar-refractivity contribution in [3.8, 4) is 0 Å². The van der Waals surface area contributed by atoms with Crippen LogP contribution in [0, 0.1) is 0 Å². The van der Waals surface area contributed by atoms with Crippen molar-refractivity contribution in [2.45, 2.75) is 19.4 Å². The van der Waals surface area contributed by atoms with Gasteiger partial charge in [-0.3, -0.25) is 0 Å². The Kier molecular flexibility index (Phi) is 6.64. The van der Waals surface area contributed by atoms with E-state index in [1.807, 2.05) is 6.07 Å². The Bertz CT molecular complexity index is 278. The maximum atomic E-state index is 4.99. The van der Waals surface area contributed by atoms with Crippen LogP contribution in [0.2, 0.25) is 0 Å². The second kappa shape index (κ2) is 7.85. The van der Waals surface area contributed by atoms with E-state index in [0.29, 0.717) is 0 Å². The summed E-state index contributed by atoms with van der Waals surface area (Å²) in [6.07, 6.45) is 2.30. The summed E-state index contributed by atoms with van der Waals surface area (Å²) in [4.78, 5) is 0. The van der Waals surface area contributed by atoms with Crippen molar-refractivity contribution >= 4 is 15.9 Å². The molecule has 1 aromatic rings. The Hall–Kier alpha value is -0.380. The van der Waals surface area contributed by atoms with Gasteiger partial charge in [0.2, 0.25) is 0 Å². The molecular formula is C12H18BrNO. The Labute approximate surface area is 100 Å². The average molecular weight is 272 g/mol. The third kappa shape index (κ3) is 5.92. The zero-order chi connectivity index (χ0) is 10.9. The van der Waals surface area contributed by atoms with Crippen molar-refractivity contribution in [2.24, 2.45) is 0 Å². The van der Waals surface area contributed by atoms with E-state index in [0.717, 1.165) is 30.6 Å². The van der Waals surface area contributed by atoms with Crippen molar-refractivity contribution in [2.75, 3.05) is 20.3 Å². The molecule has 0 amide bonds. The summed E-state index contributed by atoms with van der Waals surface area (Å²) in [7, 11) is 1.74. The smallest absolute Gasteiger partial charge is 0.0462 e. The number of ether oxygens (including phenoxy) is 1. The Morgan fingerprint density at radius 3 is 2.93 bits per heavy atom. The second-order valence-corrected chi connectivity index (χ2v) is 4.42. The third-order valence-corrected chi connectivity index (χ3v) is 2.66. The van der Waals surface area contributed by atoms with Gasteiger partial charge in [0.1, 0.15) is 0 Å². The van der Waals surface area contributed by atoms with Gasteiger partial charge in [-0.05, 0) is 37.1 Å². The van der Waals surface area contributed by atoms with E-state index < -0.39 is 0 Å². The van der Waals surface area contributed by atoms with Crippen LogP contribution in [0.4, 0.5) is 0 Å². The summed E-state index contributed by atoms with van der Waals surface area (Å²) in [5, 5.41) is 3.41. The summed E-state index contributed by atoms with van der Waals surface area (Å²) < 4.78 is 6.13. The first-order chi connectivity index (χ1) is 7.33. The summed E-state index contributed by atoms with van der Waals surface area (Å²) >= 11 is 3.46. The van der Waals surface area contributed by atoms with Gasteiger partial charge in [0.05, 0.1) is 0 Å². The molecule has 0 aliphatic heterocycles. The minimum absolute atomic E-state index is 0.860. The Morgan fingerprint density at radius 1 is 1.33 bits per heavy atom. The normalized spacial score (nSPS) is 10.5. The number of benzene rings is 1. The molecule has 0 heterocycles. The molecule has 1 rings (SSSR count). The lowest BCUT2D eigenvalue weighted by atomic mass is 10.2. The molecule has 0 bridgehead atoms. The highest BCUT2D eigenvalue weighted by atomic mass is 79.9. The first kappa shape index (κ1) is 12.7. The highest BCUT2D eigenvalue weighted by molar-refractivity contribution is 9.10. The van der Waals surface area contributed by atoms with E-state index in [1.165, 1.54) is 12.0 Å². The predicted octanol–water partition coefficient (Wildman–Crippen LogP) is 2.97. The molecule has 2 nitrogen and oxygen atoms in total. The molecule has 0 fully saturated rings. The van der Waals surface area contributed by atoms with Crippen LogP contribution in [0.3, 0.4) is 0 Å². The minimum Gasteiger partial charge on any atom is -0.385 e. The number of rotatable bonds is 7. The number of nitrogens with one attached hydrogen (secondary N) is 1. The van der Waals surface area contributed by atoms with Gasteiger partial charge in [-0.15, -0.1) is 0 Å². The van der Waals surface area contributed by atoms with Crippen LogP contribution in [0.15, 0.2) is 28.7 Å². The average Bonchev–Trinajstić information content (AvgIpc) is 2.23. The summed E-state index contributed by atoms with van der Waals surface area (Å²) in [6.45, 7) is 2.85. The van der Waals surface area contributed by atoms with Gasteiger partial charge >= 0.3 is 0 Å². The van der Waals surface area contributed by atoms with Crippen molar-refractivity contribution in [3.63, 3.8) is 0 Å². The van der Waals surface area contributed by atoms with Gasteiger partial charge in [0.15, 0.2) is 0 Å². The second-order valence-electron chi connectivity index (χ2n) is 3.51. The molecule has 0 radical (unpaired) electrons. The van der Waals surface area contributed by atoms with Crippen molar-refractivity contribution < 1.29 is 4.74 Å². The van der Waals surface area contributed by atoms with Gasteiger partial charge in [-0.25, -0.2) is 0 Å². The van der Waals surface area contributed by atoms with Gasteiger partial charge in [0, 0.05) is 24.7 Å². The van der Waals surface area contributed by atoms with E-state index in [-0.39, 0.29) is 0 Å². The number of halogens is 1. The highest BCUT2D eigenvalue weighted by Crippen LogP contribution is 2.11. The summed E-state index contributed by atoms with van der Waals surface area (Å²) in [6, 6.07) is 8.38. The molecule has 3 heteroatoms. The molecule has 0 unspecified atom stereocenters. The quantitative estimate of drug-likeness (QED) is 0.770. The van der Waals surface area contributed by atoms with Crippen LogP contribution >= 0.6 is 15.9 Å². The lowest BCUT2D eigenvalue weighted by Crippen LogP contribution is -2.15. The maximum absolute atomic E-state index is 4.99. The van der Waals surface area contributed by atoms with Crippen molar-refractivity contribution in [1.82, 2.24) is 5.32 Å². The Balaban J connectivity index is 2.10. The molecule has 84 valence electrons. The highest BCUT2D eigenvalue weighted by Gasteiger charge is 1.93. The van der Waals surface area contributed by atoms with Crippen LogP contribution in [-0.2, 0) is 11.3 Å². The van der Waals surface area contributed by atoms with Gasteiger partial charge in [-0.1, -0.05) is 28.1 Å². The van der Waals surface area contributed by atoms with Crippen molar-refractivity contribution in [3.05, 3.63) is 34.3 Å². The molecule has 0 saturated heterocycles. The molecule has 0 aliphatic carbocycles. The standard InChI is InChI=1S/C12H18BrNO/c1-15-8-3-2-7-14-10-11-5-4-6-12(13)9-11/h4-6,9,14H,2-3,7-8,10H2,1H3. The molecule has 0 atom stereocenters. The van der Waals surface area contributed by atoms with Crippen LogP contribution in [0.5, 0.6) is 0 Å². The fraction of sp³-hybridized carbons (Fsp3) is 0.500. The SMILES string of the molecule is COCCCCNCc1cccc(Br)c1. The number of unbranched alkanes of at least 4 members (excludes halogenated alkanes) is 1.